The molecule has 4 nitrogen and oxygen atoms in total. The van der Waals surface area contributed by atoms with Crippen molar-refractivity contribution in [3.63, 3.8) is 0 Å². The molecule has 1 heterocycles. The summed E-state index contributed by atoms with van der Waals surface area (Å²) in [5.74, 6) is 0.243. The van der Waals surface area contributed by atoms with Gasteiger partial charge in [0.15, 0.2) is 0 Å². The van der Waals surface area contributed by atoms with E-state index >= 15 is 0 Å². The smallest absolute Gasteiger partial charge is 0.236 e. The van der Waals surface area contributed by atoms with Crippen molar-refractivity contribution in [3.8, 4) is 5.75 Å². The molecule has 1 aromatic rings. The number of amides is 2. The zero-order valence-electron chi connectivity index (χ0n) is 11.4. The Morgan fingerprint density at radius 3 is 2.47 bits per heavy atom. The lowest BCUT2D eigenvalue weighted by Crippen LogP contribution is -2.25. The Hall–Kier alpha value is -1.84. The Kier molecular flexibility index (Phi) is 4.20. The molecule has 0 aliphatic carbocycles. The summed E-state index contributed by atoms with van der Waals surface area (Å²) in [4.78, 5) is 24.6. The van der Waals surface area contributed by atoms with E-state index in [1.807, 2.05) is 24.3 Å². The van der Waals surface area contributed by atoms with Crippen LogP contribution in [0.1, 0.15) is 37.7 Å². The Morgan fingerprint density at radius 2 is 1.95 bits per heavy atom. The molecule has 0 aromatic heterocycles. The predicted octanol–water partition coefficient (Wildman–Crippen LogP) is 2.34. The highest BCUT2D eigenvalue weighted by Gasteiger charge is 2.36. The van der Waals surface area contributed by atoms with Gasteiger partial charge in [-0.25, -0.2) is 0 Å². The molecular formula is C15H19NO3. The van der Waals surface area contributed by atoms with Gasteiger partial charge < -0.3 is 4.74 Å². The number of hydrogen-bond donors (Lipinski definition) is 0. The number of carbonyl (C=O) groups excluding carboxylic acids is 2. The molecule has 0 radical (unpaired) electrons. The maximum atomic E-state index is 11.9. The average Bonchev–Trinajstić information content (AvgIpc) is 2.68. The number of ether oxygens (including phenoxy) is 1. The monoisotopic (exact) mass is 261 g/mol. The fourth-order valence-corrected chi connectivity index (χ4v) is 2.15. The molecule has 0 saturated carbocycles. The Balaban J connectivity index is 2.02. The van der Waals surface area contributed by atoms with Crippen molar-refractivity contribution in [1.82, 2.24) is 4.90 Å². The molecule has 1 aromatic carbocycles. The summed E-state index contributed by atoms with van der Waals surface area (Å²) in [7, 11) is 1.53. The third kappa shape index (κ3) is 2.95. The predicted molar refractivity (Wildman–Crippen MR) is 72.0 cm³/mol. The van der Waals surface area contributed by atoms with Crippen LogP contribution in [0.3, 0.4) is 0 Å². The van der Waals surface area contributed by atoms with Crippen molar-refractivity contribution in [2.24, 2.45) is 0 Å². The van der Waals surface area contributed by atoms with Crippen LogP contribution in [0.25, 0.3) is 0 Å². The van der Waals surface area contributed by atoms with Crippen LogP contribution in [-0.4, -0.2) is 30.4 Å². The molecule has 1 aliphatic rings. The van der Waals surface area contributed by atoms with Crippen molar-refractivity contribution in [2.45, 2.75) is 32.1 Å². The van der Waals surface area contributed by atoms with Crippen LogP contribution in [-0.2, 0) is 9.59 Å². The van der Waals surface area contributed by atoms with E-state index in [9.17, 15) is 9.59 Å². The van der Waals surface area contributed by atoms with E-state index in [-0.39, 0.29) is 24.2 Å². The molecule has 1 saturated heterocycles. The average molecular weight is 261 g/mol. The van der Waals surface area contributed by atoms with Gasteiger partial charge in [0.1, 0.15) is 5.75 Å². The second-order valence-electron chi connectivity index (χ2n) is 4.82. The van der Waals surface area contributed by atoms with Gasteiger partial charge in [0, 0.05) is 13.5 Å². The lowest BCUT2D eigenvalue weighted by atomic mass is 9.97. The third-order valence-corrected chi connectivity index (χ3v) is 3.43. The van der Waals surface area contributed by atoms with Gasteiger partial charge in [-0.15, -0.1) is 0 Å². The quantitative estimate of drug-likeness (QED) is 0.603. The van der Waals surface area contributed by atoms with Gasteiger partial charge in [-0.3, -0.25) is 14.5 Å². The van der Waals surface area contributed by atoms with E-state index < -0.39 is 0 Å². The second kappa shape index (κ2) is 5.87. The van der Waals surface area contributed by atoms with E-state index in [4.69, 9.17) is 4.74 Å². The first-order chi connectivity index (χ1) is 9.13. The zero-order chi connectivity index (χ0) is 13.8. The van der Waals surface area contributed by atoms with E-state index in [1.54, 1.807) is 0 Å². The van der Waals surface area contributed by atoms with Gasteiger partial charge in [-0.2, -0.15) is 0 Å². The summed E-state index contributed by atoms with van der Waals surface area (Å²) in [6.45, 7) is 2.82. The topological polar surface area (TPSA) is 46.6 Å². The fourth-order valence-electron chi connectivity index (χ4n) is 2.15. The number of carbonyl (C=O) groups is 2. The normalized spacial score (nSPS) is 19.1. The van der Waals surface area contributed by atoms with Crippen molar-refractivity contribution in [3.05, 3.63) is 29.8 Å². The first kappa shape index (κ1) is 13.6. The summed E-state index contributed by atoms with van der Waals surface area (Å²) >= 11 is 0. The Bertz CT molecular complexity index is 467. The van der Waals surface area contributed by atoms with Crippen molar-refractivity contribution >= 4 is 11.8 Å². The lowest BCUT2D eigenvalue weighted by Gasteiger charge is -2.10. The number of likely N-dealkylation sites (N-methyl/N-ethyl adjacent to an activating group) is 1. The molecule has 1 fully saturated rings. The molecule has 0 spiro atoms. The minimum atomic E-state index is -0.331. The summed E-state index contributed by atoms with van der Waals surface area (Å²) in [5, 5.41) is 0. The maximum Gasteiger partial charge on any atom is 0.236 e. The molecule has 2 rings (SSSR count). The third-order valence-electron chi connectivity index (χ3n) is 3.43. The standard InChI is InChI=1S/C15H19NO3/c1-3-4-9-19-12-7-5-11(6-8-12)13-10-14(17)16(2)15(13)18/h5-8,13H,3-4,9-10H2,1-2H3/t13-/m0/s1. The Labute approximate surface area is 113 Å². The summed E-state index contributed by atoms with van der Waals surface area (Å²) in [6.07, 6.45) is 2.40. The molecule has 2 amide bonds. The molecule has 19 heavy (non-hydrogen) atoms. The number of hydrogen-bond acceptors (Lipinski definition) is 3. The fraction of sp³-hybridized carbons (Fsp3) is 0.467. The summed E-state index contributed by atoms with van der Waals surface area (Å²) < 4.78 is 5.57. The molecule has 1 aliphatic heterocycles. The zero-order valence-corrected chi connectivity index (χ0v) is 11.4. The van der Waals surface area contributed by atoms with Gasteiger partial charge >= 0.3 is 0 Å². The van der Waals surface area contributed by atoms with Gasteiger partial charge in [-0.1, -0.05) is 25.5 Å². The molecular weight excluding hydrogens is 242 g/mol. The van der Waals surface area contributed by atoms with Crippen LogP contribution >= 0.6 is 0 Å². The second-order valence-corrected chi connectivity index (χ2v) is 4.82. The number of benzene rings is 1. The number of imide groups is 1. The van der Waals surface area contributed by atoms with Gasteiger partial charge in [0.25, 0.3) is 0 Å². The molecule has 0 bridgehead atoms. The van der Waals surface area contributed by atoms with Crippen LogP contribution in [0, 0.1) is 0 Å². The SMILES string of the molecule is CCCCOc1ccc([C@@H]2CC(=O)N(C)C2=O)cc1. The minimum absolute atomic E-state index is 0.113. The van der Waals surface area contributed by atoms with Crippen molar-refractivity contribution in [1.29, 1.82) is 0 Å². The van der Waals surface area contributed by atoms with Crippen molar-refractivity contribution in [2.75, 3.05) is 13.7 Å². The van der Waals surface area contributed by atoms with Crippen LogP contribution in [0.4, 0.5) is 0 Å². The minimum Gasteiger partial charge on any atom is -0.494 e. The lowest BCUT2D eigenvalue weighted by molar-refractivity contribution is -0.137. The Morgan fingerprint density at radius 1 is 1.26 bits per heavy atom. The van der Waals surface area contributed by atoms with E-state index in [0.29, 0.717) is 6.61 Å². The highest BCUT2D eigenvalue weighted by Crippen LogP contribution is 2.29. The van der Waals surface area contributed by atoms with Crippen LogP contribution in [0.5, 0.6) is 5.75 Å². The van der Waals surface area contributed by atoms with E-state index in [1.165, 1.54) is 11.9 Å². The molecule has 1 atom stereocenters. The highest BCUT2D eigenvalue weighted by molar-refractivity contribution is 6.05. The van der Waals surface area contributed by atoms with E-state index in [2.05, 4.69) is 6.92 Å². The van der Waals surface area contributed by atoms with E-state index in [0.717, 1.165) is 24.2 Å². The molecule has 102 valence electrons. The van der Waals surface area contributed by atoms with Crippen LogP contribution < -0.4 is 4.74 Å². The van der Waals surface area contributed by atoms with Gasteiger partial charge in [0.05, 0.1) is 12.5 Å². The molecule has 4 heteroatoms. The summed E-state index contributed by atoms with van der Waals surface area (Å²) in [5.41, 5.74) is 0.880. The van der Waals surface area contributed by atoms with Crippen LogP contribution in [0.2, 0.25) is 0 Å². The number of likely N-dealkylation sites (tertiary alicyclic amines) is 1. The number of nitrogens with zero attached hydrogens (tertiary/aromatic N) is 1. The summed E-state index contributed by atoms with van der Waals surface area (Å²) in [6, 6.07) is 7.47. The number of unbranched alkanes of at least 4 members (excludes halogenated alkanes) is 1. The highest BCUT2D eigenvalue weighted by atomic mass is 16.5. The molecule has 0 unspecified atom stereocenters. The largest absolute Gasteiger partial charge is 0.494 e. The number of rotatable bonds is 5. The first-order valence-corrected chi connectivity index (χ1v) is 6.66. The van der Waals surface area contributed by atoms with Crippen molar-refractivity contribution < 1.29 is 14.3 Å². The first-order valence-electron chi connectivity index (χ1n) is 6.66. The van der Waals surface area contributed by atoms with Gasteiger partial charge in [0.2, 0.25) is 11.8 Å². The molecule has 0 N–H and O–H groups in total. The van der Waals surface area contributed by atoms with Gasteiger partial charge in [-0.05, 0) is 24.1 Å². The maximum absolute atomic E-state index is 11.9. The van der Waals surface area contributed by atoms with Crippen LogP contribution in [0.15, 0.2) is 24.3 Å².